The Kier molecular flexibility index (Phi) is 3.45. The fourth-order valence-electron chi connectivity index (χ4n) is 3.84. The number of hydrogen-bond donors (Lipinski definition) is 1. The van der Waals surface area contributed by atoms with Crippen LogP contribution in [0.3, 0.4) is 0 Å². The van der Waals surface area contributed by atoms with Crippen molar-refractivity contribution >= 4 is 45.0 Å². The SMILES string of the molecule is COc1ccc(Cl)c2c(=O)c3ccc4c(c3[nH]c12)C(=O)c1ccccc1C4=O. The van der Waals surface area contributed by atoms with Gasteiger partial charge in [-0.2, -0.15) is 0 Å². The molecule has 1 aliphatic carbocycles. The molecule has 0 radical (unpaired) electrons. The van der Waals surface area contributed by atoms with E-state index in [0.29, 0.717) is 33.3 Å². The molecular weight excluding hydrogens is 378 g/mol. The van der Waals surface area contributed by atoms with Gasteiger partial charge in [0.2, 0.25) is 0 Å². The normalized spacial score (nSPS) is 12.9. The van der Waals surface area contributed by atoms with Crippen LogP contribution in [-0.2, 0) is 0 Å². The van der Waals surface area contributed by atoms with Crippen molar-refractivity contribution in [3.05, 3.63) is 86.0 Å². The third-order valence-electron chi connectivity index (χ3n) is 5.15. The minimum absolute atomic E-state index is 0.197. The van der Waals surface area contributed by atoms with Crippen molar-refractivity contribution in [2.75, 3.05) is 7.11 Å². The molecule has 1 heterocycles. The Hall–Kier alpha value is -3.44. The quantitative estimate of drug-likeness (QED) is 0.437. The number of ether oxygens (including phenoxy) is 1. The summed E-state index contributed by atoms with van der Waals surface area (Å²) in [4.78, 5) is 42.4. The van der Waals surface area contributed by atoms with Crippen LogP contribution >= 0.6 is 11.6 Å². The standard InChI is InChI=1S/C22H12ClNO4/c1-28-15-9-8-14(23)17-19(15)24-18-13(22(17)27)7-6-12-16(18)21(26)11-5-3-2-4-10(11)20(12)25/h2-9H,1H3,(H,24,27). The molecule has 0 amide bonds. The van der Waals surface area contributed by atoms with Gasteiger partial charge in [-0.05, 0) is 24.3 Å². The van der Waals surface area contributed by atoms with Gasteiger partial charge in [-0.1, -0.05) is 35.9 Å². The monoisotopic (exact) mass is 389 g/mol. The van der Waals surface area contributed by atoms with Crippen molar-refractivity contribution in [1.29, 1.82) is 0 Å². The Morgan fingerprint density at radius 3 is 2.25 bits per heavy atom. The summed E-state index contributed by atoms with van der Waals surface area (Å²) >= 11 is 6.26. The van der Waals surface area contributed by atoms with Crippen molar-refractivity contribution in [2.45, 2.75) is 0 Å². The van der Waals surface area contributed by atoms with Crippen LogP contribution < -0.4 is 10.2 Å². The molecular formula is C22H12ClNO4. The molecule has 4 aromatic rings. The number of carbonyl (C=O) groups excluding carboxylic acids is 2. The largest absolute Gasteiger partial charge is 0.495 e. The Morgan fingerprint density at radius 1 is 0.821 bits per heavy atom. The zero-order chi connectivity index (χ0) is 19.6. The second-order valence-corrected chi connectivity index (χ2v) is 6.98. The van der Waals surface area contributed by atoms with Crippen LogP contribution in [0, 0.1) is 0 Å². The van der Waals surface area contributed by atoms with E-state index in [4.69, 9.17) is 16.3 Å². The summed E-state index contributed by atoms with van der Waals surface area (Å²) in [5, 5.41) is 0.856. The average Bonchev–Trinajstić information content (AvgIpc) is 2.71. The fraction of sp³-hybridized carbons (Fsp3) is 0.0455. The minimum atomic E-state index is -0.324. The number of nitrogens with one attached hydrogen (secondary N) is 1. The smallest absolute Gasteiger partial charge is 0.198 e. The van der Waals surface area contributed by atoms with E-state index in [2.05, 4.69) is 4.98 Å². The van der Waals surface area contributed by atoms with Crippen molar-refractivity contribution in [3.8, 4) is 5.75 Å². The van der Waals surface area contributed by atoms with Gasteiger partial charge in [0.15, 0.2) is 17.0 Å². The van der Waals surface area contributed by atoms with Gasteiger partial charge in [0.1, 0.15) is 5.75 Å². The maximum atomic E-state index is 13.2. The van der Waals surface area contributed by atoms with E-state index in [9.17, 15) is 14.4 Å². The van der Waals surface area contributed by atoms with E-state index in [1.165, 1.54) is 13.2 Å². The van der Waals surface area contributed by atoms with E-state index in [1.807, 2.05) is 0 Å². The number of ketones is 2. The molecule has 0 unspecified atom stereocenters. The molecule has 1 aliphatic rings. The summed E-state index contributed by atoms with van der Waals surface area (Å²) in [7, 11) is 1.48. The molecule has 6 heteroatoms. The first-order chi connectivity index (χ1) is 13.5. The molecule has 0 saturated heterocycles. The number of H-pyrrole nitrogens is 1. The van der Waals surface area contributed by atoms with Crippen LogP contribution in [0.5, 0.6) is 5.75 Å². The summed E-state index contributed by atoms with van der Waals surface area (Å²) in [5.74, 6) is -0.121. The van der Waals surface area contributed by atoms with E-state index in [1.54, 1.807) is 42.5 Å². The van der Waals surface area contributed by atoms with E-state index >= 15 is 0 Å². The van der Waals surface area contributed by atoms with Gasteiger partial charge in [0, 0.05) is 22.1 Å². The molecule has 3 aromatic carbocycles. The lowest BCUT2D eigenvalue weighted by Gasteiger charge is -2.19. The highest BCUT2D eigenvalue weighted by Crippen LogP contribution is 2.34. The number of rotatable bonds is 1. The highest BCUT2D eigenvalue weighted by molar-refractivity contribution is 6.36. The Morgan fingerprint density at radius 2 is 1.54 bits per heavy atom. The molecule has 1 aromatic heterocycles. The molecule has 0 fully saturated rings. The summed E-state index contributed by atoms with van der Waals surface area (Å²) in [6.45, 7) is 0. The first kappa shape index (κ1) is 16.7. The van der Waals surface area contributed by atoms with Crippen molar-refractivity contribution < 1.29 is 14.3 Å². The number of pyridine rings is 1. The number of carbonyl (C=O) groups is 2. The molecule has 0 spiro atoms. The maximum absolute atomic E-state index is 13.2. The van der Waals surface area contributed by atoms with Gasteiger partial charge < -0.3 is 9.72 Å². The molecule has 5 nitrogen and oxygen atoms in total. The second-order valence-electron chi connectivity index (χ2n) is 6.57. The second kappa shape index (κ2) is 5.78. The molecule has 0 bridgehead atoms. The van der Waals surface area contributed by atoms with Crippen LogP contribution in [0.2, 0.25) is 5.02 Å². The van der Waals surface area contributed by atoms with E-state index < -0.39 is 0 Å². The lowest BCUT2D eigenvalue weighted by molar-refractivity contribution is 0.0980. The molecule has 28 heavy (non-hydrogen) atoms. The number of aromatic amines is 1. The molecule has 0 aliphatic heterocycles. The molecule has 1 N–H and O–H groups in total. The number of aromatic nitrogens is 1. The van der Waals surface area contributed by atoms with Gasteiger partial charge in [0.05, 0.1) is 34.1 Å². The van der Waals surface area contributed by atoms with E-state index in [0.717, 1.165) is 0 Å². The van der Waals surface area contributed by atoms with Gasteiger partial charge in [-0.3, -0.25) is 14.4 Å². The average molecular weight is 390 g/mol. The number of benzene rings is 3. The molecule has 136 valence electrons. The lowest BCUT2D eigenvalue weighted by atomic mass is 9.83. The summed E-state index contributed by atoms with van der Waals surface area (Å²) in [6, 6.07) is 13.0. The summed E-state index contributed by atoms with van der Waals surface area (Å²) < 4.78 is 5.35. The van der Waals surface area contributed by atoms with Crippen LogP contribution in [0.15, 0.2) is 53.3 Å². The van der Waals surface area contributed by atoms with Crippen LogP contribution in [0.25, 0.3) is 21.8 Å². The number of methoxy groups -OCH3 is 1. The highest BCUT2D eigenvalue weighted by Gasteiger charge is 2.32. The van der Waals surface area contributed by atoms with Crippen LogP contribution in [-0.4, -0.2) is 23.7 Å². The van der Waals surface area contributed by atoms with Gasteiger partial charge in [-0.25, -0.2) is 0 Å². The Labute approximate surface area is 163 Å². The Bertz CT molecular complexity index is 1420. The first-order valence-corrected chi connectivity index (χ1v) is 8.94. The van der Waals surface area contributed by atoms with Crippen molar-refractivity contribution in [1.82, 2.24) is 4.98 Å². The van der Waals surface area contributed by atoms with E-state index in [-0.39, 0.29) is 38.5 Å². The maximum Gasteiger partial charge on any atom is 0.198 e. The third kappa shape index (κ3) is 2.05. The van der Waals surface area contributed by atoms with Crippen molar-refractivity contribution in [3.63, 3.8) is 0 Å². The minimum Gasteiger partial charge on any atom is -0.495 e. The summed E-state index contributed by atoms with van der Waals surface area (Å²) in [5.41, 5.74) is 1.53. The van der Waals surface area contributed by atoms with Gasteiger partial charge in [0.25, 0.3) is 0 Å². The Balaban J connectivity index is 1.97. The summed E-state index contributed by atoms with van der Waals surface area (Å²) in [6.07, 6.45) is 0. The predicted molar refractivity (Wildman–Crippen MR) is 107 cm³/mol. The zero-order valence-corrected chi connectivity index (χ0v) is 15.4. The van der Waals surface area contributed by atoms with Crippen LogP contribution in [0.1, 0.15) is 31.8 Å². The van der Waals surface area contributed by atoms with Gasteiger partial charge >= 0.3 is 0 Å². The van der Waals surface area contributed by atoms with Gasteiger partial charge in [-0.15, -0.1) is 0 Å². The topological polar surface area (TPSA) is 76.2 Å². The zero-order valence-electron chi connectivity index (χ0n) is 14.6. The highest BCUT2D eigenvalue weighted by atomic mass is 35.5. The van der Waals surface area contributed by atoms with Crippen molar-refractivity contribution in [2.24, 2.45) is 0 Å². The first-order valence-electron chi connectivity index (χ1n) is 8.56. The lowest BCUT2D eigenvalue weighted by Crippen LogP contribution is -2.22. The molecule has 5 rings (SSSR count). The molecule has 0 atom stereocenters. The molecule has 0 saturated carbocycles. The predicted octanol–water partition coefficient (Wildman–Crippen LogP) is 4.12. The van der Waals surface area contributed by atoms with Crippen LogP contribution in [0.4, 0.5) is 0 Å². The fourth-order valence-corrected chi connectivity index (χ4v) is 4.08. The third-order valence-corrected chi connectivity index (χ3v) is 5.47. The number of halogens is 1. The number of fused-ring (bicyclic) bond motifs is 5. The number of hydrogen-bond acceptors (Lipinski definition) is 4.